The van der Waals surface area contributed by atoms with E-state index in [0.717, 1.165) is 19.3 Å². The minimum absolute atomic E-state index is 0.456. The number of hydrogen-bond acceptors (Lipinski definition) is 2. The zero-order valence-corrected chi connectivity index (χ0v) is 5.84. The summed E-state index contributed by atoms with van der Waals surface area (Å²) in [6, 6.07) is 0. The van der Waals surface area contributed by atoms with Crippen LogP contribution in [-0.2, 0) is 4.89 Å². The van der Waals surface area contributed by atoms with Crippen molar-refractivity contribution in [1.82, 2.24) is 0 Å². The van der Waals surface area contributed by atoms with Crippen LogP contribution in [0.2, 0.25) is 0 Å². The number of hydrogen-bond donors (Lipinski definition) is 1. The Hall–Kier alpha value is -0.340. The Kier molecular flexibility index (Phi) is 7.37. The van der Waals surface area contributed by atoms with Crippen molar-refractivity contribution >= 4 is 0 Å². The van der Waals surface area contributed by atoms with Gasteiger partial charge in [0.1, 0.15) is 0 Å². The van der Waals surface area contributed by atoms with E-state index in [2.05, 4.69) is 11.0 Å². The maximum absolute atomic E-state index is 7.90. The van der Waals surface area contributed by atoms with Crippen molar-refractivity contribution in [3.8, 4) is 0 Å². The third-order valence-electron chi connectivity index (χ3n) is 1.09. The Balaban J connectivity index is 2.75. The molecule has 0 heterocycles. The minimum atomic E-state index is 0.456. The van der Waals surface area contributed by atoms with Gasteiger partial charge in [-0.1, -0.05) is 12.2 Å². The highest BCUT2D eigenvalue weighted by Gasteiger charge is 1.83. The highest BCUT2D eigenvalue weighted by atomic mass is 17.1. The van der Waals surface area contributed by atoms with Gasteiger partial charge in [-0.3, -0.25) is 5.26 Å². The molecule has 1 N–H and O–H groups in total. The number of rotatable bonds is 5. The monoisotopic (exact) mass is 130 g/mol. The molecule has 0 atom stereocenters. The fraction of sp³-hybridized carbons (Fsp3) is 0.714. The Morgan fingerprint density at radius 2 is 2.22 bits per heavy atom. The summed E-state index contributed by atoms with van der Waals surface area (Å²) in [5, 5.41) is 7.90. The third-order valence-corrected chi connectivity index (χ3v) is 1.09. The van der Waals surface area contributed by atoms with Crippen LogP contribution in [0, 0.1) is 0 Å². The maximum atomic E-state index is 7.90. The van der Waals surface area contributed by atoms with E-state index in [1.165, 1.54) is 0 Å². The molecule has 0 spiro atoms. The predicted octanol–water partition coefficient (Wildman–Crippen LogP) is 2.22. The molecule has 0 aromatic carbocycles. The fourth-order valence-electron chi connectivity index (χ4n) is 0.595. The largest absolute Gasteiger partial charge is 0.252 e. The van der Waals surface area contributed by atoms with Crippen LogP contribution in [0.3, 0.4) is 0 Å². The highest BCUT2D eigenvalue weighted by molar-refractivity contribution is 4.75. The van der Waals surface area contributed by atoms with Crippen LogP contribution < -0.4 is 0 Å². The molecule has 2 heteroatoms. The highest BCUT2D eigenvalue weighted by Crippen LogP contribution is 1.95. The van der Waals surface area contributed by atoms with E-state index in [1.807, 2.05) is 13.0 Å². The van der Waals surface area contributed by atoms with Gasteiger partial charge in [0, 0.05) is 0 Å². The molecule has 0 aliphatic rings. The molecule has 0 saturated heterocycles. The average Bonchev–Trinajstić information content (AvgIpc) is 1.89. The fourth-order valence-corrected chi connectivity index (χ4v) is 0.595. The van der Waals surface area contributed by atoms with Gasteiger partial charge in [0.25, 0.3) is 0 Å². The van der Waals surface area contributed by atoms with Crippen LogP contribution >= 0.6 is 0 Å². The van der Waals surface area contributed by atoms with Gasteiger partial charge in [-0.2, -0.15) is 0 Å². The minimum Gasteiger partial charge on any atom is -0.252 e. The molecule has 0 aliphatic heterocycles. The van der Waals surface area contributed by atoms with Crippen LogP contribution in [-0.4, -0.2) is 11.9 Å². The van der Waals surface area contributed by atoms with Crippen LogP contribution in [0.1, 0.15) is 26.2 Å². The Bertz CT molecular complexity index is 69.3. The molecular weight excluding hydrogens is 116 g/mol. The molecule has 2 nitrogen and oxygen atoms in total. The molecule has 0 aliphatic carbocycles. The van der Waals surface area contributed by atoms with E-state index in [0.29, 0.717) is 6.61 Å². The second kappa shape index (κ2) is 7.66. The number of unbranched alkanes of at least 4 members (excludes halogenated alkanes) is 2. The Labute approximate surface area is 56.1 Å². The van der Waals surface area contributed by atoms with Gasteiger partial charge in [-0.25, -0.2) is 4.89 Å². The Morgan fingerprint density at radius 3 is 2.78 bits per heavy atom. The van der Waals surface area contributed by atoms with Gasteiger partial charge in [-0.15, -0.1) is 0 Å². The van der Waals surface area contributed by atoms with E-state index in [1.54, 1.807) is 0 Å². The van der Waals surface area contributed by atoms with Gasteiger partial charge in [0.05, 0.1) is 6.61 Å². The van der Waals surface area contributed by atoms with Crippen molar-refractivity contribution in [2.45, 2.75) is 26.2 Å². The quantitative estimate of drug-likeness (QED) is 0.267. The second-order valence-corrected chi connectivity index (χ2v) is 1.90. The lowest BCUT2D eigenvalue weighted by molar-refractivity contribution is -0.242. The SMILES string of the molecule is CC=CCCCCOO. The van der Waals surface area contributed by atoms with Crippen molar-refractivity contribution in [3.05, 3.63) is 12.2 Å². The van der Waals surface area contributed by atoms with Crippen LogP contribution in [0.15, 0.2) is 12.2 Å². The molecule has 54 valence electrons. The van der Waals surface area contributed by atoms with Gasteiger partial charge in [0.2, 0.25) is 0 Å². The van der Waals surface area contributed by atoms with E-state index in [9.17, 15) is 0 Å². The van der Waals surface area contributed by atoms with Crippen LogP contribution in [0.25, 0.3) is 0 Å². The molecule has 9 heavy (non-hydrogen) atoms. The van der Waals surface area contributed by atoms with Crippen LogP contribution in [0.4, 0.5) is 0 Å². The smallest absolute Gasteiger partial charge is 0.0819 e. The average molecular weight is 130 g/mol. The van der Waals surface area contributed by atoms with Gasteiger partial charge < -0.3 is 0 Å². The zero-order chi connectivity index (χ0) is 6.95. The van der Waals surface area contributed by atoms with Gasteiger partial charge in [-0.05, 0) is 26.2 Å². The molecule has 0 bridgehead atoms. The summed E-state index contributed by atoms with van der Waals surface area (Å²) >= 11 is 0. The molecule has 0 fully saturated rings. The molecular formula is C7H14O2. The van der Waals surface area contributed by atoms with E-state index in [4.69, 9.17) is 5.26 Å². The topological polar surface area (TPSA) is 29.5 Å². The van der Waals surface area contributed by atoms with Crippen molar-refractivity contribution in [2.24, 2.45) is 0 Å². The van der Waals surface area contributed by atoms with E-state index in [-0.39, 0.29) is 0 Å². The molecule has 0 unspecified atom stereocenters. The summed E-state index contributed by atoms with van der Waals surface area (Å²) in [5.74, 6) is 0. The molecule has 0 rings (SSSR count). The van der Waals surface area contributed by atoms with Crippen LogP contribution in [0.5, 0.6) is 0 Å². The first-order chi connectivity index (χ1) is 4.41. The van der Waals surface area contributed by atoms with Gasteiger partial charge in [0.15, 0.2) is 0 Å². The lowest BCUT2D eigenvalue weighted by Gasteiger charge is -1.92. The standard InChI is InChI=1S/C7H14O2/c1-2-3-4-5-6-7-9-8/h2-3,8H,4-7H2,1H3. The van der Waals surface area contributed by atoms with Crippen molar-refractivity contribution < 1.29 is 10.1 Å². The lowest BCUT2D eigenvalue weighted by atomic mass is 10.2. The van der Waals surface area contributed by atoms with Gasteiger partial charge >= 0.3 is 0 Å². The summed E-state index contributed by atoms with van der Waals surface area (Å²) < 4.78 is 0. The zero-order valence-electron chi connectivity index (χ0n) is 5.84. The molecule has 0 aromatic rings. The summed E-state index contributed by atoms with van der Waals surface area (Å²) in [4.78, 5) is 3.90. The Morgan fingerprint density at radius 1 is 1.44 bits per heavy atom. The van der Waals surface area contributed by atoms with Crippen molar-refractivity contribution in [1.29, 1.82) is 0 Å². The van der Waals surface area contributed by atoms with E-state index < -0.39 is 0 Å². The first-order valence-electron chi connectivity index (χ1n) is 3.29. The first-order valence-corrected chi connectivity index (χ1v) is 3.29. The predicted molar refractivity (Wildman–Crippen MR) is 37.2 cm³/mol. The molecule has 0 saturated carbocycles. The molecule has 0 amide bonds. The normalized spacial score (nSPS) is 10.9. The van der Waals surface area contributed by atoms with E-state index >= 15 is 0 Å². The first kappa shape index (κ1) is 8.66. The second-order valence-electron chi connectivity index (χ2n) is 1.90. The summed E-state index contributed by atoms with van der Waals surface area (Å²) in [7, 11) is 0. The summed E-state index contributed by atoms with van der Waals surface area (Å²) in [5.41, 5.74) is 0. The molecule has 0 aromatic heterocycles. The maximum Gasteiger partial charge on any atom is 0.0819 e. The van der Waals surface area contributed by atoms with Crippen molar-refractivity contribution in [3.63, 3.8) is 0 Å². The summed E-state index contributed by atoms with van der Waals surface area (Å²) in [6.45, 7) is 2.46. The lowest BCUT2D eigenvalue weighted by Crippen LogP contribution is -1.87. The number of allylic oxidation sites excluding steroid dienone is 2. The molecule has 0 radical (unpaired) electrons. The summed E-state index contributed by atoms with van der Waals surface area (Å²) in [6.07, 6.45) is 7.24. The third kappa shape index (κ3) is 7.66. The van der Waals surface area contributed by atoms with Crippen molar-refractivity contribution in [2.75, 3.05) is 6.61 Å².